The number of amides is 1. The van der Waals surface area contributed by atoms with E-state index in [9.17, 15) is 4.79 Å². The molecule has 114 valence electrons. The zero-order chi connectivity index (χ0) is 14.8. The Morgan fingerprint density at radius 2 is 2.38 bits per heavy atom. The molecule has 4 heteroatoms. The number of benzene rings is 1. The summed E-state index contributed by atoms with van der Waals surface area (Å²) in [5.74, 6) is 1.39. The summed E-state index contributed by atoms with van der Waals surface area (Å²) in [6, 6.07) is 6.26. The summed E-state index contributed by atoms with van der Waals surface area (Å²) in [4.78, 5) is 14.6. The van der Waals surface area contributed by atoms with Crippen LogP contribution in [0.4, 0.5) is 5.69 Å². The van der Waals surface area contributed by atoms with Crippen LogP contribution in [-0.4, -0.2) is 25.5 Å². The second kappa shape index (κ2) is 6.49. The zero-order valence-corrected chi connectivity index (χ0v) is 14.2. The number of nitrogens with one attached hydrogen (secondary N) is 1. The SMILES string of the molecule is CC(CC(=O)N1CCc2ccc(Br)cc21)C1CCCNC1. The number of halogens is 1. The number of fused-ring (bicyclic) bond motifs is 1. The Kier molecular flexibility index (Phi) is 4.65. The van der Waals surface area contributed by atoms with E-state index in [1.54, 1.807) is 0 Å². The first-order chi connectivity index (χ1) is 10.1. The van der Waals surface area contributed by atoms with Crippen LogP contribution in [-0.2, 0) is 11.2 Å². The number of piperidine rings is 1. The smallest absolute Gasteiger partial charge is 0.227 e. The maximum absolute atomic E-state index is 12.7. The van der Waals surface area contributed by atoms with E-state index in [0.717, 1.165) is 36.2 Å². The minimum Gasteiger partial charge on any atom is -0.316 e. The number of hydrogen-bond acceptors (Lipinski definition) is 2. The molecule has 0 aromatic heterocycles. The molecule has 2 atom stereocenters. The molecular formula is C17H23BrN2O. The first-order valence-corrected chi connectivity index (χ1v) is 8.74. The predicted octanol–water partition coefficient (Wildman–Crippen LogP) is 3.36. The monoisotopic (exact) mass is 350 g/mol. The van der Waals surface area contributed by atoms with Crippen molar-refractivity contribution in [2.75, 3.05) is 24.5 Å². The molecular weight excluding hydrogens is 328 g/mol. The van der Waals surface area contributed by atoms with Crippen LogP contribution < -0.4 is 10.2 Å². The van der Waals surface area contributed by atoms with Crippen molar-refractivity contribution >= 4 is 27.5 Å². The van der Waals surface area contributed by atoms with E-state index in [2.05, 4.69) is 46.4 Å². The van der Waals surface area contributed by atoms with Crippen LogP contribution in [0.15, 0.2) is 22.7 Å². The fourth-order valence-electron chi connectivity index (χ4n) is 3.53. The molecule has 0 saturated carbocycles. The molecule has 3 nitrogen and oxygen atoms in total. The second-order valence-corrected chi connectivity index (χ2v) is 7.27. The molecule has 2 aliphatic heterocycles. The molecule has 1 N–H and O–H groups in total. The van der Waals surface area contributed by atoms with Gasteiger partial charge in [-0.1, -0.05) is 28.9 Å². The van der Waals surface area contributed by atoms with Crippen molar-refractivity contribution in [3.05, 3.63) is 28.2 Å². The molecule has 2 aliphatic rings. The summed E-state index contributed by atoms with van der Waals surface area (Å²) in [6.07, 6.45) is 4.14. The highest BCUT2D eigenvalue weighted by Gasteiger charge is 2.28. The molecule has 3 rings (SSSR count). The highest BCUT2D eigenvalue weighted by molar-refractivity contribution is 9.10. The van der Waals surface area contributed by atoms with Crippen LogP contribution >= 0.6 is 15.9 Å². The summed E-state index contributed by atoms with van der Waals surface area (Å²) in [7, 11) is 0. The van der Waals surface area contributed by atoms with Crippen molar-refractivity contribution in [1.29, 1.82) is 0 Å². The standard InChI is InChI=1S/C17H23BrN2O/c1-12(14-3-2-7-19-11-14)9-17(21)20-8-6-13-4-5-15(18)10-16(13)20/h4-5,10,12,14,19H,2-3,6-9,11H2,1H3. The van der Waals surface area contributed by atoms with Crippen molar-refractivity contribution in [3.8, 4) is 0 Å². The highest BCUT2D eigenvalue weighted by atomic mass is 79.9. The van der Waals surface area contributed by atoms with Gasteiger partial charge in [0.15, 0.2) is 0 Å². The molecule has 1 fully saturated rings. The van der Waals surface area contributed by atoms with E-state index in [1.807, 2.05) is 4.90 Å². The van der Waals surface area contributed by atoms with Crippen LogP contribution in [0.25, 0.3) is 0 Å². The molecule has 0 spiro atoms. The van der Waals surface area contributed by atoms with E-state index in [-0.39, 0.29) is 5.91 Å². The lowest BCUT2D eigenvalue weighted by Crippen LogP contribution is -2.36. The van der Waals surface area contributed by atoms with Gasteiger partial charge in [0.05, 0.1) is 0 Å². The lowest BCUT2D eigenvalue weighted by molar-refractivity contribution is -0.119. The van der Waals surface area contributed by atoms with Gasteiger partial charge in [0.2, 0.25) is 5.91 Å². The van der Waals surface area contributed by atoms with Crippen molar-refractivity contribution in [2.45, 2.75) is 32.6 Å². The van der Waals surface area contributed by atoms with Crippen LogP contribution in [0.3, 0.4) is 0 Å². The van der Waals surface area contributed by atoms with Gasteiger partial charge < -0.3 is 10.2 Å². The molecule has 21 heavy (non-hydrogen) atoms. The van der Waals surface area contributed by atoms with Gasteiger partial charge >= 0.3 is 0 Å². The highest BCUT2D eigenvalue weighted by Crippen LogP contribution is 2.32. The normalized spacial score (nSPS) is 23.0. The van der Waals surface area contributed by atoms with Gasteiger partial charge in [-0.25, -0.2) is 0 Å². The van der Waals surface area contributed by atoms with Crippen molar-refractivity contribution < 1.29 is 4.79 Å². The molecule has 1 amide bonds. The van der Waals surface area contributed by atoms with E-state index in [4.69, 9.17) is 0 Å². The van der Waals surface area contributed by atoms with Gasteiger partial charge in [-0.05, 0) is 61.9 Å². The topological polar surface area (TPSA) is 32.3 Å². The molecule has 2 heterocycles. The Balaban J connectivity index is 1.65. The van der Waals surface area contributed by atoms with E-state index < -0.39 is 0 Å². The first-order valence-electron chi connectivity index (χ1n) is 7.94. The molecule has 1 saturated heterocycles. The van der Waals surface area contributed by atoms with Crippen LogP contribution in [0.2, 0.25) is 0 Å². The van der Waals surface area contributed by atoms with Crippen molar-refractivity contribution in [1.82, 2.24) is 5.32 Å². The third-order valence-electron chi connectivity index (χ3n) is 4.88. The van der Waals surface area contributed by atoms with Crippen LogP contribution in [0, 0.1) is 11.8 Å². The van der Waals surface area contributed by atoms with Gasteiger partial charge in [-0.3, -0.25) is 4.79 Å². The molecule has 0 aliphatic carbocycles. The van der Waals surface area contributed by atoms with Gasteiger partial charge in [-0.2, -0.15) is 0 Å². The molecule has 0 radical (unpaired) electrons. The maximum atomic E-state index is 12.7. The lowest BCUT2D eigenvalue weighted by Gasteiger charge is -2.29. The van der Waals surface area contributed by atoms with Gasteiger partial charge in [0.25, 0.3) is 0 Å². The fourth-order valence-corrected chi connectivity index (χ4v) is 3.88. The van der Waals surface area contributed by atoms with Gasteiger partial charge in [-0.15, -0.1) is 0 Å². The summed E-state index contributed by atoms with van der Waals surface area (Å²) >= 11 is 3.51. The number of nitrogens with zero attached hydrogens (tertiary/aromatic N) is 1. The predicted molar refractivity (Wildman–Crippen MR) is 89.6 cm³/mol. The minimum atomic E-state index is 0.282. The summed E-state index contributed by atoms with van der Waals surface area (Å²) in [6.45, 7) is 5.26. The van der Waals surface area contributed by atoms with E-state index in [1.165, 1.54) is 18.4 Å². The summed E-state index contributed by atoms with van der Waals surface area (Å²) < 4.78 is 1.05. The van der Waals surface area contributed by atoms with Crippen molar-refractivity contribution in [3.63, 3.8) is 0 Å². The number of anilines is 1. The summed E-state index contributed by atoms with van der Waals surface area (Å²) in [5.41, 5.74) is 2.39. The maximum Gasteiger partial charge on any atom is 0.227 e. The number of carbonyl (C=O) groups excluding carboxylic acids is 1. The fraction of sp³-hybridized carbons (Fsp3) is 0.588. The lowest BCUT2D eigenvalue weighted by atomic mass is 9.85. The Morgan fingerprint density at radius 3 is 3.14 bits per heavy atom. The molecule has 0 bridgehead atoms. The first kappa shape index (κ1) is 15.0. The Morgan fingerprint density at radius 1 is 1.52 bits per heavy atom. The average Bonchev–Trinajstić information content (AvgIpc) is 2.91. The van der Waals surface area contributed by atoms with Crippen molar-refractivity contribution in [2.24, 2.45) is 11.8 Å². The average molecular weight is 351 g/mol. The van der Waals surface area contributed by atoms with Gasteiger partial charge in [0.1, 0.15) is 0 Å². The van der Waals surface area contributed by atoms with Crippen LogP contribution in [0.5, 0.6) is 0 Å². The zero-order valence-electron chi connectivity index (χ0n) is 12.6. The number of rotatable bonds is 3. The third kappa shape index (κ3) is 3.32. The largest absolute Gasteiger partial charge is 0.316 e. The Hall–Kier alpha value is -0.870. The van der Waals surface area contributed by atoms with Gasteiger partial charge in [0, 0.05) is 23.1 Å². The second-order valence-electron chi connectivity index (χ2n) is 6.36. The van der Waals surface area contributed by atoms with Crippen LogP contribution in [0.1, 0.15) is 31.7 Å². The number of carbonyl (C=O) groups is 1. The number of hydrogen-bond donors (Lipinski definition) is 1. The summed E-state index contributed by atoms with van der Waals surface area (Å²) in [5, 5.41) is 3.45. The van der Waals surface area contributed by atoms with E-state index in [0.29, 0.717) is 18.3 Å². The Labute approximate surface area is 135 Å². The molecule has 1 aromatic rings. The Bertz CT molecular complexity index is 526. The van der Waals surface area contributed by atoms with E-state index >= 15 is 0 Å². The molecule has 1 aromatic carbocycles. The molecule has 2 unspecified atom stereocenters. The quantitative estimate of drug-likeness (QED) is 0.906. The minimum absolute atomic E-state index is 0.282. The third-order valence-corrected chi connectivity index (χ3v) is 5.37.